The number of carbonyl (C=O) groups is 1. The Morgan fingerprint density at radius 3 is 2.62 bits per heavy atom. The summed E-state index contributed by atoms with van der Waals surface area (Å²) in [5.74, 6) is -0.0278. The molecule has 0 aromatic rings. The Hall–Kier alpha value is -0.570. The van der Waals surface area contributed by atoms with Crippen LogP contribution in [0.15, 0.2) is 0 Å². The van der Waals surface area contributed by atoms with E-state index in [1.807, 2.05) is 0 Å². The summed E-state index contributed by atoms with van der Waals surface area (Å²) in [6, 6.07) is -0.0811. The number of amides is 1. The molecule has 2 atom stereocenters. The van der Waals surface area contributed by atoms with Gasteiger partial charge in [-0.1, -0.05) is 20.3 Å². The molecule has 1 rings (SSSR count). The quantitative estimate of drug-likeness (QED) is 0.673. The van der Waals surface area contributed by atoms with Gasteiger partial charge in [0, 0.05) is 6.04 Å². The van der Waals surface area contributed by atoms with Crippen LogP contribution >= 0.6 is 0 Å². The van der Waals surface area contributed by atoms with E-state index >= 15 is 0 Å². The van der Waals surface area contributed by atoms with Gasteiger partial charge in [-0.25, -0.2) is 0 Å². The lowest BCUT2D eigenvalue weighted by Gasteiger charge is -2.28. The van der Waals surface area contributed by atoms with E-state index in [9.17, 15) is 4.79 Å². The van der Waals surface area contributed by atoms with E-state index in [4.69, 9.17) is 5.73 Å². The molecule has 1 fully saturated rings. The molecule has 13 heavy (non-hydrogen) atoms. The fraction of sp³-hybridized carbons (Fsp3) is 0.900. The van der Waals surface area contributed by atoms with Crippen LogP contribution in [-0.4, -0.2) is 18.0 Å². The molecule has 0 aromatic heterocycles. The Kier molecular flexibility index (Phi) is 2.96. The average molecular weight is 184 g/mol. The number of hydrogen-bond acceptors (Lipinski definition) is 2. The third-order valence-corrected chi connectivity index (χ3v) is 2.99. The molecule has 1 amide bonds. The molecule has 0 radical (unpaired) electrons. The minimum Gasteiger partial charge on any atom is -0.351 e. The first-order valence-corrected chi connectivity index (χ1v) is 4.99. The van der Waals surface area contributed by atoms with Gasteiger partial charge in [0.2, 0.25) is 5.91 Å². The predicted molar refractivity (Wildman–Crippen MR) is 53.2 cm³/mol. The van der Waals surface area contributed by atoms with Crippen molar-refractivity contribution in [1.29, 1.82) is 0 Å². The van der Waals surface area contributed by atoms with E-state index in [-0.39, 0.29) is 11.3 Å². The molecule has 3 N–H and O–H groups in total. The molecule has 2 unspecified atom stereocenters. The van der Waals surface area contributed by atoms with E-state index < -0.39 is 6.04 Å². The van der Waals surface area contributed by atoms with E-state index in [1.54, 1.807) is 6.92 Å². The zero-order valence-corrected chi connectivity index (χ0v) is 8.76. The molecule has 1 aliphatic carbocycles. The lowest BCUT2D eigenvalue weighted by atomic mass is 9.87. The van der Waals surface area contributed by atoms with Crippen molar-refractivity contribution in [1.82, 2.24) is 5.32 Å². The van der Waals surface area contributed by atoms with Crippen LogP contribution in [0.5, 0.6) is 0 Å². The van der Waals surface area contributed by atoms with Crippen LogP contribution in [0.4, 0.5) is 0 Å². The zero-order valence-electron chi connectivity index (χ0n) is 8.76. The third kappa shape index (κ3) is 2.44. The van der Waals surface area contributed by atoms with Crippen molar-refractivity contribution in [3.05, 3.63) is 0 Å². The van der Waals surface area contributed by atoms with Gasteiger partial charge in [0.05, 0.1) is 6.04 Å². The summed E-state index contributed by atoms with van der Waals surface area (Å²) in [5, 5.41) is 3.00. The van der Waals surface area contributed by atoms with Gasteiger partial charge < -0.3 is 11.1 Å². The van der Waals surface area contributed by atoms with Crippen molar-refractivity contribution in [3.8, 4) is 0 Å². The summed E-state index contributed by atoms with van der Waals surface area (Å²) in [6.07, 6.45) is 3.49. The standard InChI is InChI=1S/C10H20N2O/c1-7(11)9(13)12-8-5-4-6-10(8,2)3/h7-8H,4-6,11H2,1-3H3,(H,12,13). The lowest BCUT2D eigenvalue weighted by molar-refractivity contribution is -0.123. The molecule has 0 saturated heterocycles. The van der Waals surface area contributed by atoms with Crippen molar-refractivity contribution in [2.75, 3.05) is 0 Å². The molecule has 76 valence electrons. The highest BCUT2D eigenvalue weighted by Crippen LogP contribution is 2.37. The van der Waals surface area contributed by atoms with Crippen molar-refractivity contribution in [2.45, 2.75) is 52.1 Å². The summed E-state index contributed by atoms with van der Waals surface area (Å²) in [4.78, 5) is 11.4. The number of nitrogens with two attached hydrogens (primary N) is 1. The summed E-state index contributed by atoms with van der Waals surface area (Å²) in [6.45, 7) is 6.12. The maximum atomic E-state index is 11.4. The fourth-order valence-electron chi connectivity index (χ4n) is 1.90. The summed E-state index contributed by atoms with van der Waals surface area (Å²) >= 11 is 0. The van der Waals surface area contributed by atoms with Gasteiger partial charge >= 0.3 is 0 Å². The second-order valence-corrected chi connectivity index (χ2v) is 4.73. The van der Waals surface area contributed by atoms with Crippen LogP contribution < -0.4 is 11.1 Å². The average Bonchev–Trinajstić information content (AvgIpc) is 2.30. The fourth-order valence-corrected chi connectivity index (χ4v) is 1.90. The van der Waals surface area contributed by atoms with Crippen LogP contribution in [0.1, 0.15) is 40.0 Å². The van der Waals surface area contributed by atoms with Crippen molar-refractivity contribution in [2.24, 2.45) is 11.1 Å². The smallest absolute Gasteiger partial charge is 0.236 e. The van der Waals surface area contributed by atoms with Crippen molar-refractivity contribution in [3.63, 3.8) is 0 Å². The first-order valence-electron chi connectivity index (χ1n) is 4.99. The molecule has 0 spiro atoms. The van der Waals surface area contributed by atoms with Gasteiger partial charge in [-0.2, -0.15) is 0 Å². The number of carbonyl (C=O) groups excluding carboxylic acids is 1. The normalized spacial score (nSPS) is 28.5. The molecular weight excluding hydrogens is 164 g/mol. The van der Waals surface area contributed by atoms with Crippen molar-refractivity contribution < 1.29 is 4.79 Å². The monoisotopic (exact) mass is 184 g/mol. The van der Waals surface area contributed by atoms with Gasteiger partial charge in [-0.3, -0.25) is 4.79 Å². The summed E-state index contributed by atoms with van der Waals surface area (Å²) in [7, 11) is 0. The Morgan fingerprint density at radius 1 is 1.62 bits per heavy atom. The highest BCUT2D eigenvalue weighted by molar-refractivity contribution is 5.81. The second-order valence-electron chi connectivity index (χ2n) is 4.73. The minimum absolute atomic E-state index is 0.0278. The molecule has 0 aliphatic heterocycles. The highest BCUT2D eigenvalue weighted by atomic mass is 16.2. The van der Waals surface area contributed by atoms with Gasteiger partial charge in [0.1, 0.15) is 0 Å². The van der Waals surface area contributed by atoms with E-state index in [0.29, 0.717) is 6.04 Å². The largest absolute Gasteiger partial charge is 0.351 e. The van der Waals surface area contributed by atoms with Gasteiger partial charge in [-0.05, 0) is 25.2 Å². The van der Waals surface area contributed by atoms with Crippen LogP contribution in [0, 0.1) is 5.41 Å². The Balaban J connectivity index is 2.50. The van der Waals surface area contributed by atoms with E-state index in [0.717, 1.165) is 6.42 Å². The summed E-state index contributed by atoms with van der Waals surface area (Å²) < 4.78 is 0. The van der Waals surface area contributed by atoms with Crippen LogP contribution in [0.3, 0.4) is 0 Å². The van der Waals surface area contributed by atoms with E-state index in [2.05, 4.69) is 19.2 Å². The van der Waals surface area contributed by atoms with Crippen molar-refractivity contribution >= 4 is 5.91 Å². The predicted octanol–water partition coefficient (Wildman–Crippen LogP) is 1.03. The first kappa shape index (κ1) is 10.5. The minimum atomic E-state index is -0.392. The summed E-state index contributed by atoms with van der Waals surface area (Å²) in [5.41, 5.74) is 5.73. The van der Waals surface area contributed by atoms with Gasteiger partial charge in [-0.15, -0.1) is 0 Å². The molecule has 0 bridgehead atoms. The molecule has 0 heterocycles. The number of rotatable bonds is 2. The van der Waals surface area contributed by atoms with Crippen LogP contribution in [0.25, 0.3) is 0 Å². The highest BCUT2D eigenvalue weighted by Gasteiger charge is 2.35. The Labute approximate surface area is 80.1 Å². The molecule has 1 saturated carbocycles. The van der Waals surface area contributed by atoms with Gasteiger partial charge in [0.15, 0.2) is 0 Å². The first-order chi connectivity index (χ1) is 5.93. The Bertz CT molecular complexity index is 199. The molecule has 3 nitrogen and oxygen atoms in total. The van der Waals surface area contributed by atoms with E-state index in [1.165, 1.54) is 12.8 Å². The van der Waals surface area contributed by atoms with Crippen LogP contribution in [-0.2, 0) is 4.79 Å². The third-order valence-electron chi connectivity index (χ3n) is 2.99. The Morgan fingerprint density at radius 2 is 2.23 bits per heavy atom. The molecule has 0 aromatic carbocycles. The van der Waals surface area contributed by atoms with Crippen LogP contribution in [0.2, 0.25) is 0 Å². The molecule has 3 heteroatoms. The zero-order chi connectivity index (χ0) is 10.1. The van der Waals surface area contributed by atoms with Gasteiger partial charge in [0.25, 0.3) is 0 Å². The lowest BCUT2D eigenvalue weighted by Crippen LogP contribution is -2.47. The number of nitrogens with one attached hydrogen (secondary N) is 1. The number of hydrogen-bond donors (Lipinski definition) is 2. The molecular formula is C10H20N2O. The maximum absolute atomic E-state index is 11.4. The second kappa shape index (κ2) is 3.66. The molecule has 1 aliphatic rings. The maximum Gasteiger partial charge on any atom is 0.236 e. The SMILES string of the molecule is CC(N)C(=O)NC1CCCC1(C)C. The topological polar surface area (TPSA) is 55.1 Å².